The van der Waals surface area contributed by atoms with Crippen LogP contribution in [0.3, 0.4) is 0 Å². The van der Waals surface area contributed by atoms with Gasteiger partial charge in [-0.1, -0.05) is 12.1 Å². The minimum atomic E-state index is 0.108. The van der Waals surface area contributed by atoms with E-state index >= 15 is 0 Å². The summed E-state index contributed by atoms with van der Waals surface area (Å²) in [5, 5.41) is 0. The Hall–Kier alpha value is -3.57. The van der Waals surface area contributed by atoms with E-state index in [1.807, 2.05) is 50.8 Å². The average Bonchev–Trinajstić information content (AvgIpc) is 3.44. The Morgan fingerprint density at radius 2 is 1.76 bits per heavy atom. The van der Waals surface area contributed by atoms with Crippen LogP contribution in [0.4, 0.5) is 5.82 Å². The number of carbonyl (C=O) groups is 1. The molecule has 4 aromatic rings. The molecule has 1 amide bonds. The van der Waals surface area contributed by atoms with E-state index in [1.165, 1.54) is 0 Å². The minimum Gasteiger partial charge on any atom is -0.378 e. The molecule has 2 aliphatic heterocycles. The van der Waals surface area contributed by atoms with Crippen LogP contribution in [0.2, 0.25) is 0 Å². The minimum absolute atomic E-state index is 0.108. The monoisotopic (exact) mass is 517 g/mol. The predicted octanol–water partition coefficient (Wildman–Crippen LogP) is 2.15. The lowest BCUT2D eigenvalue weighted by Crippen LogP contribution is -2.40. The van der Waals surface area contributed by atoms with Gasteiger partial charge in [0.1, 0.15) is 11.6 Å². The number of benzene rings is 1. The molecule has 200 valence electrons. The molecule has 3 aromatic heterocycles. The van der Waals surface area contributed by atoms with E-state index in [2.05, 4.69) is 20.4 Å². The maximum atomic E-state index is 12.4. The number of morpholine rings is 1. The lowest BCUT2D eigenvalue weighted by molar-refractivity contribution is -0.134. The third kappa shape index (κ3) is 4.39. The van der Waals surface area contributed by atoms with Crippen LogP contribution in [0.1, 0.15) is 24.5 Å². The SMILES string of the molecule is Cc1nc2ccccc2n1-c1nc(N2CCOCC2)c2nc(CN3CCC(C(=O)N(C)C)CC3)n(C)c2n1. The molecule has 0 saturated carbocycles. The van der Waals surface area contributed by atoms with Crippen LogP contribution >= 0.6 is 0 Å². The summed E-state index contributed by atoms with van der Waals surface area (Å²) in [6, 6.07) is 8.07. The van der Waals surface area contributed by atoms with Gasteiger partial charge in [0.05, 0.1) is 30.8 Å². The van der Waals surface area contributed by atoms with Crippen LogP contribution in [0.25, 0.3) is 28.1 Å². The lowest BCUT2D eigenvalue weighted by atomic mass is 9.95. The second kappa shape index (κ2) is 9.95. The zero-order valence-corrected chi connectivity index (χ0v) is 22.6. The Morgan fingerprint density at radius 1 is 1.03 bits per heavy atom. The van der Waals surface area contributed by atoms with Gasteiger partial charge in [0, 0.05) is 40.2 Å². The highest BCUT2D eigenvalue weighted by molar-refractivity contribution is 5.86. The number of anilines is 1. The van der Waals surface area contributed by atoms with E-state index in [-0.39, 0.29) is 11.8 Å². The van der Waals surface area contributed by atoms with E-state index in [0.717, 1.165) is 78.7 Å². The number of carbonyl (C=O) groups excluding carboxylic acids is 1. The summed E-state index contributed by atoms with van der Waals surface area (Å²) in [7, 11) is 5.71. The summed E-state index contributed by atoms with van der Waals surface area (Å²) >= 11 is 0. The quantitative estimate of drug-likeness (QED) is 0.397. The molecule has 6 rings (SSSR count). The molecule has 11 heteroatoms. The van der Waals surface area contributed by atoms with Gasteiger partial charge in [-0.2, -0.15) is 9.97 Å². The molecule has 0 spiro atoms. The molecular weight excluding hydrogens is 482 g/mol. The van der Waals surface area contributed by atoms with Gasteiger partial charge in [0.2, 0.25) is 11.9 Å². The fourth-order valence-electron chi connectivity index (χ4n) is 5.62. The number of fused-ring (bicyclic) bond motifs is 2. The van der Waals surface area contributed by atoms with Gasteiger partial charge in [-0.25, -0.2) is 9.97 Å². The number of hydrogen-bond donors (Lipinski definition) is 0. The third-order valence-corrected chi connectivity index (χ3v) is 7.76. The van der Waals surface area contributed by atoms with Crippen LogP contribution in [0.5, 0.6) is 0 Å². The van der Waals surface area contributed by atoms with E-state index in [0.29, 0.717) is 25.7 Å². The molecule has 5 heterocycles. The van der Waals surface area contributed by atoms with Crippen molar-refractivity contribution in [3.05, 3.63) is 35.9 Å². The van der Waals surface area contributed by atoms with E-state index < -0.39 is 0 Å². The summed E-state index contributed by atoms with van der Waals surface area (Å²) in [6.07, 6.45) is 1.74. The highest BCUT2D eigenvalue weighted by atomic mass is 16.5. The number of piperidine rings is 1. The largest absolute Gasteiger partial charge is 0.378 e. The molecule has 0 N–H and O–H groups in total. The Kier molecular flexibility index (Phi) is 6.48. The van der Waals surface area contributed by atoms with Crippen molar-refractivity contribution in [1.82, 2.24) is 38.9 Å². The fraction of sp³-hybridized carbons (Fsp3) is 0.519. The second-order valence-corrected chi connectivity index (χ2v) is 10.5. The van der Waals surface area contributed by atoms with Crippen LogP contribution in [-0.2, 0) is 23.1 Å². The summed E-state index contributed by atoms with van der Waals surface area (Å²) in [6.45, 7) is 7.29. The van der Waals surface area contributed by atoms with Crippen molar-refractivity contribution in [1.29, 1.82) is 0 Å². The van der Waals surface area contributed by atoms with Crippen LogP contribution in [-0.4, -0.2) is 98.3 Å². The number of aryl methyl sites for hydroxylation is 2. The number of imidazole rings is 2. The highest BCUT2D eigenvalue weighted by Crippen LogP contribution is 2.29. The van der Waals surface area contributed by atoms with Crippen LogP contribution < -0.4 is 4.90 Å². The topological polar surface area (TPSA) is 97.4 Å². The first-order valence-corrected chi connectivity index (χ1v) is 13.3. The van der Waals surface area contributed by atoms with Gasteiger partial charge in [-0.3, -0.25) is 14.3 Å². The van der Waals surface area contributed by atoms with Crippen molar-refractivity contribution in [3.63, 3.8) is 0 Å². The molecular formula is C27H35N9O2. The van der Waals surface area contributed by atoms with Gasteiger partial charge in [-0.15, -0.1) is 0 Å². The predicted molar refractivity (Wildman–Crippen MR) is 145 cm³/mol. The summed E-state index contributed by atoms with van der Waals surface area (Å²) in [5.41, 5.74) is 3.52. The average molecular weight is 518 g/mol. The zero-order chi connectivity index (χ0) is 26.4. The van der Waals surface area contributed by atoms with E-state index in [1.54, 1.807) is 4.90 Å². The molecule has 11 nitrogen and oxygen atoms in total. The van der Waals surface area contributed by atoms with Gasteiger partial charge in [-0.05, 0) is 45.0 Å². The number of aromatic nitrogens is 6. The standard InChI is InChI=1S/C27H35N9O2/c1-18-28-20-7-5-6-8-21(20)36(18)27-30-24-23(25(31-27)35-13-15-38-16-14-35)29-22(33(24)4)17-34-11-9-19(10-12-34)26(37)32(2)3/h5-8,19H,9-17H2,1-4H3. The smallest absolute Gasteiger partial charge is 0.239 e. The molecule has 0 unspecified atom stereocenters. The molecule has 0 bridgehead atoms. The van der Waals surface area contributed by atoms with Gasteiger partial charge < -0.3 is 19.1 Å². The molecule has 0 atom stereocenters. The van der Waals surface area contributed by atoms with Gasteiger partial charge in [0.15, 0.2) is 17.0 Å². The number of ether oxygens (including phenoxy) is 1. The van der Waals surface area contributed by atoms with Gasteiger partial charge >= 0.3 is 0 Å². The summed E-state index contributed by atoms with van der Waals surface area (Å²) in [5.74, 6) is 3.57. The van der Waals surface area contributed by atoms with Crippen molar-refractivity contribution >= 4 is 33.9 Å². The lowest BCUT2D eigenvalue weighted by Gasteiger charge is -2.32. The van der Waals surface area contributed by atoms with Gasteiger partial charge in [0.25, 0.3) is 0 Å². The maximum Gasteiger partial charge on any atom is 0.239 e. The Morgan fingerprint density at radius 3 is 2.50 bits per heavy atom. The van der Waals surface area contributed by atoms with Crippen LogP contribution in [0.15, 0.2) is 24.3 Å². The number of nitrogens with zero attached hydrogens (tertiary/aromatic N) is 9. The Bertz CT molecular complexity index is 1480. The van der Waals surface area contributed by atoms with E-state index in [9.17, 15) is 4.79 Å². The zero-order valence-electron chi connectivity index (χ0n) is 22.6. The molecule has 0 radical (unpaired) electrons. The summed E-state index contributed by atoms with van der Waals surface area (Å²) < 4.78 is 9.74. The number of amides is 1. The fourth-order valence-corrected chi connectivity index (χ4v) is 5.62. The number of hydrogen-bond acceptors (Lipinski definition) is 8. The molecule has 38 heavy (non-hydrogen) atoms. The number of likely N-dealkylation sites (tertiary alicyclic amines) is 1. The van der Waals surface area contributed by atoms with Crippen molar-refractivity contribution in [2.24, 2.45) is 13.0 Å². The molecule has 2 saturated heterocycles. The molecule has 2 aliphatic rings. The number of para-hydroxylation sites is 2. The Balaban J connectivity index is 1.38. The van der Waals surface area contributed by atoms with Crippen molar-refractivity contribution in [2.75, 3.05) is 58.4 Å². The van der Waals surface area contributed by atoms with Crippen molar-refractivity contribution in [3.8, 4) is 5.95 Å². The first kappa shape index (κ1) is 24.7. The third-order valence-electron chi connectivity index (χ3n) is 7.76. The summed E-state index contributed by atoms with van der Waals surface area (Å²) in [4.78, 5) is 38.7. The first-order valence-electron chi connectivity index (χ1n) is 13.3. The Labute approximate surface area is 222 Å². The molecule has 0 aliphatic carbocycles. The molecule has 1 aromatic carbocycles. The van der Waals surface area contributed by atoms with Crippen molar-refractivity contribution in [2.45, 2.75) is 26.3 Å². The highest BCUT2D eigenvalue weighted by Gasteiger charge is 2.28. The normalized spacial score (nSPS) is 17.5. The first-order chi connectivity index (χ1) is 18.4. The second-order valence-electron chi connectivity index (χ2n) is 10.5. The number of rotatable bonds is 5. The van der Waals surface area contributed by atoms with Crippen LogP contribution in [0, 0.1) is 12.8 Å². The maximum absolute atomic E-state index is 12.4. The molecule has 2 fully saturated rings. The van der Waals surface area contributed by atoms with Crippen molar-refractivity contribution < 1.29 is 9.53 Å². The van der Waals surface area contributed by atoms with E-state index in [4.69, 9.17) is 24.7 Å².